The van der Waals surface area contributed by atoms with Crippen LogP contribution in [0.2, 0.25) is 0 Å². The zero-order chi connectivity index (χ0) is 12.8. The molecule has 2 heteroatoms. The van der Waals surface area contributed by atoms with Crippen molar-refractivity contribution in [1.82, 2.24) is 9.88 Å². The maximum atomic E-state index is 4.64. The third kappa shape index (κ3) is 1.63. The molecule has 0 spiro atoms. The molecule has 2 aliphatic heterocycles. The number of aromatic nitrogens is 1. The summed E-state index contributed by atoms with van der Waals surface area (Å²) in [6.45, 7) is 4.54. The van der Waals surface area contributed by atoms with Gasteiger partial charge < -0.3 is 0 Å². The minimum atomic E-state index is 0.478. The molecular formula is C17H18N2. The molecule has 1 aromatic carbocycles. The van der Waals surface area contributed by atoms with Gasteiger partial charge in [-0.1, -0.05) is 37.3 Å². The third-order valence-corrected chi connectivity index (χ3v) is 4.64. The average Bonchev–Trinajstić information content (AvgIpc) is 2.47. The van der Waals surface area contributed by atoms with Crippen LogP contribution in [0.5, 0.6) is 0 Å². The molecule has 1 aromatic heterocycles. The Kier molecular flexibility index (Phi) is 2.46. The summed E-state index contributed by atoms with van der Waals surface area (Å²) in [5.41, 5.74) is 5.73. The van der Waals surface area contributed by atoms with Gasteiger partial charge in [0.1, 0.15) is 0 Å². The molecule has 2 nitrogen and oxygen atoms in total. The van der Waals surface area contributed by atoms with Crippen LogP contribution in [0.15, 0.2) is 42.6 Å². The Morgan fingerprint density at radius 1 is 1.11 bits per heavy atom. The molecule has 19 heavy (non-hydrogen) atoms. The van der Waals surface area contributed by atoms with E-state index < -0.39 is 0 Å². The van der Waals surface area contributed by atoms with Gasteiger partial charge >= 0.3 is 0 Å². The Hall–Kier alpha value is -1.67. The number of hydrogen-bond acceptors (Lipinski definition) is 2. The van der Waals surface area contributed by atoms with Gasteiger partial charge in [0.05, 0.1) is 0 Å². The smallest absolute Gasteiger partial charge is 0.0495 e. The fourth-order valence-electron chi connectivity index (χ4n) is 3.78. The van der Waals surface area contributed by atoms with Gasteiger partial charge in [-0.3, -0.25) is 9.88 Å². The molecular weight excluding hydrogens is 232 g/mol. The van der Waals surface area contributed by atoms with E-state index in [0.29, 0.717) is 12.0 Å². The highest BCUT2D eigenvalue weighted by Crippen LogP contribution is 2.44. The van der Waals surface area contributed by atoms with Crippen molar-refractivity contribution < 1.29 is 0 Å². The monoisotopic (exact) mass is 250 g/mol. The van der Waals surface area contributed by atoms with Gasteiger partial charge in [-0.05, 0) is 29.2 Å². The molecule has 0 saturated heterocycles. The highest BCUT2D eigenvalue weighted by molar-refractivity contribution is 5.38. The first-order valence-electron chi connectivity index (χ1n) is 7.10. The maximum absolute atomic E-state index is 4.64. The first-order valence-corrected chi connectivity index (χ1v) is 7.10. The van der Waals surface area contributed by atoms with Crippen molar-refractivity contribution in [1.29, 1.82) is 0 Å². The minimum absolute atomic E-state index is 0.478. The molecule has 2 aromatic rings. The van der Waals surface area contributed by atoms with Crippen LogP contribution in [0.4, 0.5) is 0 Å². The zero-order valence-electron chi connectivity index (χ0n) is 11.2. The second kappa shape index (κ2) is 4.17. The van der Waals surface area contributed by atoms with Crippen molar-refractivity contribution in [3.8, 4) is 0 Å². The van der Waals surface area contributed by atoms with Gasteiger partial charge in [0.2, 0.25) is 0 Å². The number of nitrogens with zero attached hydrogens (tertiary/aromatic N) is 2. The quantitative estimate of drug-likeness (QED) is 0.713. The minimum Gasteiger partial charge on any atom is -0.291 e. The Morgan fingerprint density at radius 2 is 1.95 bits per heavy atom. The first-order chi connectivity index (χ1) is 9.34. The second-order valence-electron chi connectivity index (χ2n) is 5.70. The summed E-state index contributed by atoms with van der Waals surface area (Å²) in [6, 6.07) is 13.7. The molecule has 4 rings (SSSR count). The Labute approximate surface area is 114 Å². The van der Waals surface area contributed by atoms with Gasteiger partial charge in [-0.15, -0.1) is 0 Å². The molecule has 0 fully saturated rings. The van der Waals surface area contributed by atoms with Gasteiger partial charge in [0.15, 0.2) is 0 Å². The zero-order valence-corrected chi connectivity index (χ0v) is 11.2. The molecule has 96 valence electrons. The predicted octanol–water partition coefficient (Wildman–Crippen LogP) is 3.30. The van der Waals surface area contributed by atoms with E-state index in [1.54, 1.807) is 0 Å². The van der Waals surface area contributed by atoms with Crippen LogP contribution < -0.4 is 0 Å². The van der Waals surface area contributed by atoms with E-state index in [2.05, 4.69) is 53.2 Å². The van der Waals surface area contributed by atoms with Gasteiger partial charge in [0.25, 0.3) is 0 Å². The summed E-state index contributed by atoms with van der Waals surface area (Å²) >= 11 is 0. The standard InChI is InChI=1S/C17H18N2/c1-12-16-14(6-4-9-18-16)11-19-10-8-13-5-2-3-7-15(13)17(12)19/h2-7,9,12,17H,8,10-11H2,1H3/t12-,17-/m0/s1. The van der Waals surface area contributed by atoms with Crippen LogP contribution in [-0.4, -0.2) is 16.4 Å². The molecule has 0 amide bonds. The maximum Gasteiger partial charge on any atom is 0.0495 e. The van der Waals surface area contributed by atoms with E-state index >= 15 is 0 Å². The molecule has 3 heterocycles. The molecule has 0 bridgehead atoms. The van der Waals surface area contributed by atoms with Crippen molar-refractivity contribution in [2.75, 3.05) is 6.54 Å². The summed E-state index contributed by atoms with van der Waals surface area (Å²) in [4.78, 5) is 7.26. The third-order valence-electron chi connectivity index (χ3n) is 4.64. The summed E-state index contributed by atoms with van der Waals surface area (Å²) in [5.74, 6) is 0.478. The molecule has 2 aliphatic rings. The van der Waals surface area contributed by atoms with Crippen LogP contribution >= 0.6 is 0 Å². The number of benzene rings is 1. The highest BCUT2D eigenvalue weighted by atomic mass is 15.2. The number of rotatable bonds is 0. The van der Waals surface area contributed by atoms with E-state index in [9.17, 15) is 0 Å². The highest BCUT2D eigenvalue weighted by Gasteiger charge is 2.37. The van der Waals surface area contributed by atoms with Crippen LogP contribution in [0.25, 0.3) is 0 Å². The van der Waals surface area contributed by atoms with Crippen LogP contribution in [-0.2, 0) is 13.0 Å². The van der Waals surface area contributed by atoms with Crippen molar-refractivity contribution in [2.45, 2.75) is 31.8 Å². The summed E-state index contributed by atoms with van der Waals surface area (Å²) < 4.78 is 0. The lowest BCUT2D eigenvalue weighted by Crippen LogP contribution is -2.41. The SMILES string of the molecule is C[C@H]1c2ncccc2CN2CCc3ccccc3[C@H]12. The number of hydrogen-bond donors (Lipinski definition) is 0. The van der Waals surface area contributed by atoms with E-state index in [4.69, 9.17) is 0 Å². The Balaban J connectivity index is 1.85. The Morgan fingerprint density at radius 3 is 2.89 bits per heavy atom. The van der Waals surface area contributed by atoms with Gasteiger partial charge in [-0.25, -0.2) is 0 Å². The molecule has 0 N–H and O–H groups in total. The largest absolute Gasteiger partial charge is 0.291 e. The lowest BCUT2D eigenvalue weighted by atomic mass is 9.80. The normalized spacial score (nSPS) is 25.3. The fourth-order valence-corrected chi connectivity index (χ4v) is 3.78. The molecule has 0 radical (unpaired) electrons. The predicted molar refractivity (Wildman–Crippen MR) is 75.9 cm³/mol. The van der Waals surface area contributed by atoms with E-state index in [0.717, 1.165) is 6.54 Å². The van der Waals surface area contributed by atoms with E-state index in [1.165, 1.54) is 35.3 Å². The lowest BCUT2D eigenvalue weighted by molar-refractivity contribution is 0.137. The molecule has 0 saturated carbocycles. The summed E-state index contributed by atoms with van der Waals surface area (Å²) in [7, 11) is 0. The summed E-state index contributed by atoms with van der Waals surface area (Å²) in [6.07, 6.45) is 3.11. The number of pyridine rings is 1. The second-order valence-corrected chi connectivity index (χ2v) is 5.70. The molecule has 0 unspecified atom stereocenters. The van der Waals surface area contributed by atoms with Crippen molar-refractivity contribution in [2.24, 2.45) is 0 Å². The van der Waals surface area contributed by atoms with E-state index in [-0.39, 0.29) is 0 Å². The Bertz CT molecular complexity index is 620. The van der Waals surface area contributed by atoms with Crippen molar-refractivity contribution >= 4 is 0 Å². The van der Waals surface area contributed by atoms with Crippen LogP contribution in [0.1, 0.15) is 41.3 Å². The van der Waals surface area contributed by atoms with Crippen LogP contribution in [0.3, 0.4) is 0 Å². The summed E-state index contributed by atoms with van der Waals surface area (Å²) in [5, 5.41) is 0. The van der Waals surface area contributed by atoms with Gasteiger partial charge in [0, 0.05) is 36.9 Å². The van der Waals surface area contributed by atoms with E-state index in [1.807, 2.05) is 6.20 Å². The topological polar surface area (TPSA) is 16.1 Å². The molecule has 2 atom stereocenters. The fraction of sp³-hybridized carbons (Fsp3) is 0.353. The molecule has 0 aliphatic carbocycles. The lowest BCUT2D eigenvalue weighted by Gasteiger charge is -2.44. The first kappa shape index (κ1) is 11.2. The van der Waals surface area contributed by atoms with Gasteiger partial charge in [-0.2, -0.15) is 0 Å². The average molecular weight is 250 g/mol. The number of fused-ring (bicyclic) bond motifs is 4. The van der Waals surface area contributed by atoms with Crippen molar-refractivity contribution in [3.05, 3.63) is 65.0 Å². The van der Waals surface area contributed by atoms with Crippen LogP contribution in [0, 0.1) is 0 Å². The van der Waals surface area contributed by atoms with Crippen molar-refractivity contribution in [3.63, 3.8) is 0 Å².